The number of carbonyl (C=O) groups is 1. The summed E-state index contributed by atoms with van der Waals surface area (Å²) in [6.07, 6.45) is 1.31. The molecule has 0 aliphatic carbocycles. The van der Waals surface area contributed by atoms with Crippen molar-refractivity contribution in [1.29, 1.82) is 0 Å². The Morgan fingerprint density at radius 3 is 2.12 bits per heavy atom. The fourth-order valence-electron chi connectivity index (χ4n) is 0.753. The molecule has 0 saturated carbocycles. The van der Waals surface area contributed by atoms with E-state index in [2.05, 4.69) is 10.3 Å². The predicted molar refractivity (Wildman–Crippen MR) is 69.9 cm³/mol. The van der Waals surface area contributed by atoms with E-state index in [9.17, 15) is 9.90 Å². The zero-order valence-electron chi connectivity index (χ0n) is 11.5. The van der Waals surface area contributed by atoms with Crippen LogP contribution < -0.4 is 11.1 Å². The zero-order valence-corrected chi connectivity index (χ0v) is 11.5. The number of amides is 1. The summed E-state index contributed by atoms with van der Waals surface area (Å²) in [7, 11) is 1.67. The minimum absolute atomic E-state index is 0.00532. The second kappa shape index (κ2) is 5.31. The van der Waals surface area contributed by atoms with Crippen LogP contribution in [-0.2, 0) is 4.79 Å². The van der Waals surface area contributed by atoms with Crippen molar-refractivity contribution in [3.05, 3.63) is 11.8 Å². The Bertz CT molecular complexity index is 349. The Morgan fingerprint density at radius 2 is 1.76 bits per heavy atom. The summed E-state index contributed by atoms with van der Waals surface area (Å²) in [5.41, 5.74) is 4.41. The van der Waals surface area contributed by atoms with Crippen LogP contribution in [0.5, 0.6) is 0 Å². The quantitative estimate of drug-likeness (QED) is 0.395. The van der Waals surface area contributed by atoms with Crippen molar-refractivity contribution < 1.29 is 9.90 Å². The molecule has 0 aromatic carbocycles. The van der Waals surface area contributed by atoms with Crippen molar-refractivity contribution in [2.24, 2.45) is 16.1 Å². The van der Waals surface area contributed by atoms with E-state index in [0.717, 1.165) is 0 Å². The molecule has 0 aliphatic heterocycles. The van der Waals surface area contributed by atoms with Crippen LogP contribution in [0.25, 0.3) is 0 Å². The van der Waals surface area contributed by atoms with Crippen molar-refractivity contribution >= 4 is 11.7 Å². The molecule has 0 spiro atoms. The molecular formula is C12H23N3O2. The SMILES string of the molecule is CNC(C)(C)C(=O)N=C(N)/C=C(\O)C(C)(C)C. The van der Waals surface area contributed by atoms with Crippen LogP contribution in [0.1, 0.15) is 34.6 Å². The maximum atomic E-state index is 11.7. The van der Waals surface area contributed by atoms with Gasteiger partial charge in [-0.2, -0.15) is 4.99 Å². The average molecular weight is 241 g/mol. The molecule has 17 heavy (non-hydrogen) atoms. The molecular weight excluding hydrogens is 218 g/mol. The summed E-state index contributed by atoms with van der Waals surface area (Å²) in [5.74, 6) is -0.282. The predicted octanol–water partition coefficient (Wildman–Crippen LogP) is 1.36. The first kappa shape index (κ1) is 15.6. The number of rotatable bonds is 3. The molecule has 1 amide bonds. The van der Waals surface area contributed by atoms with E-state index in [1.165, 1.54) is 6.08 Å². The lowest BCUT2D eigenvalue weighted by Crippen LogP contribution is -2.44. The smallest absolute Gasteiger partial charge is 0.267 e. The summed E-state index contributed by atoms with van der Waals surface area (Å²) in [5, 5.41) is 12.5. The molecule has 0 saturated heterocycles. The number of aliphatic imine (C=N–C) groups is 1. The van der Waals surface area contributed by atoms with Crippen LogP contribution in [-0.4, -0.2) is 29.4 Å². The molecule has 0 atom stereocenters. The largest absolute Gasteiger partial charge is 0.512 e. The molecule has 0 radical (unpaired) electrons. The van der Waals surface area contributed by atoms with Crippen molar-refractivity contribution in [2.45, 2.75) is 40.2 Å². The van der Waals surface area contributed by atoms with Gasteiger partial charge in [-0.3, -0.25) is 4.79 Å². The first-order valence-electron chi connectivity index (χ1n) is 5.49. The first-order chi connectivity index (χ1) is 7.50. The van der Waals surface area contributed by atoms with Gasteiger partial charge in [-0.15, -0.1) is 0 Å². The Morgan fingerprint density at radius 1 is 1.29 bits per heavy atom. The topological polar surface area (TPSA) is 87.7 Å². The van der Waals surface area contributed by atoms with Crippen LogP contribution in [0.3, 0.4) is 0 Å². The van der Waals surface area contributed by atoms with E-state index < -0.39 is 11.0 Å². The van der Waals surface area contributed by atoms with Gasteiger partial charge >= 0.3 is 0 Å². The van der Waals surface area contributed by atoms with E-state index in [1.807, 2.05) is 20.8 Å². The minimum Gasteiger partial charge on any atom is -0.512 e. The highest BCUT2D eigenvalue weighted by Crippen LogP contribution is 2.21. The minimum atomic E-state index is -0.768. The highest BCUT2D eigenvalue weighted by molar-refractivity contribution is 6.02. The molecule has 4 N–H and O–H groups in total. The molecule has 0 aliphatic rings. The van der Waals surface area contributed by atoms with Gasteiger partial charge < -0.3 is 16.2 Å². The number of nitrogens with one attached hydrogen (secondary N) is 1. The van der Waals surface area contributed by atoms with Gasteiger partial charge in [0.15, 0.2) is 0 Å². The first-order valence-corrected chi connectivity index (χ1v) is 5.49. The van der Waals surface area contributed by atoms with Crippen molar-refractivity contribution in [3.63, 3.8) is 0 Å². The second-order valence-corrected chi connectivity index (χ2v) is 5.50. The van der Waals surface area contributed by atoms with Crippen molar-refractivity contribution in [2.75, 3.05) is 7.05 Å². The molecule has 98 valence electrons. The van der Waals surface area contributed by atoms with Crippen LogP contribution >= 0.6 is 0 Å². The summed E-state index contributed by atoms with van der Waals surface area (Å²) in [6, 6.07) is 0. The molecule has 0 heterocycles. The van der Waals surface area contributed by atoms with E-state index in [1.54, 1.807) is 20.9 Å². The van der Waals surface area contributed by atoms with Gasteiger partial charge in [0.25, 0.3) is 5.91 Å². The van der Waals surface area contributed by atoms with Crippen LogP contribution in [0, 0.1) is 5.41 Å². The van der Waals surface area contributed by atoms with Crippen LogP contribution in [0.15, 0.2) is 16.8 Å². The fourth-order valence-corrected chi connectivity index (χ4v) is 0.753. The number of nitrogens with two attached hydrogens (primary N) is 1. The highest BCUT2D eigenvalue weighted by atomic mass is 16.3. The number of nitrogens with zero attached hydrogens (tertiary/aromatic N) is 1. The van der Waals surface area contributed by atoms with Gasteiger partial charge in [0.05, 0.1) is 5.54 Å². The summed E-state index contributed by atoms with van der Waals surface area (Å²) >= 11 is 0. The molecule has 5 nitrogen and oxygen atoms in total. The van der Waals surface area contributed by atoms with Gasteiger partial charge in [-0.1, -0.05) is 20.8 Å². The number of carbonyl (C=O) groups excluding carboxylic acids is 1. The third kappa shape index (κ3) is 4.99. The third-order valence-corrected chi connectivity index (χ3v) is 2.44. The Balaban J connectivity index is 4.97. The zero-order chi connectivity index (χ0) is 13.9. The van der Waals surface area contributed by atoms with Crippen molar-refractivity contribution in [3.8, 4) is 0 Å². The summed E-state index contributed by atoms with van der Waals surface area (Å²) < 4.78 is 0. The number of likely N-dealkylation sites (N-methyl/N-ethyl adjacent to an activating group) is 1. The number of hydrogen-bond donors (Lipinski definition) is 3. The number of amidine groups is 1. The van der Waals surface area contributed by atoms with E-state index in [0.29, 0.717) is 0 Å². The summed E-state index contributed by atoms with van der Waals surface area (Å²) in [4.78, 5) is 15.4. The van der Waals surface area contributed by atoms with Gasteiger partial charge in [-0.05, 0) is 20.9 Å². The standard InChI is InChI=1S/C12H23N3O2/c1-11(2,3)8(16)7-9(13)15-10(17)12(4,5)14-6/h7,14,16H,1-6H3,(H2,13,15,17)/b8-7-. The molecule has 0 aromatic rings. The summed E-state index contributed by atoms with van der Waals surface area (Å²) in [6.45, 7) is 8.93. The third-order valence-electron chi connectivity index (χ3n) is 2.44. The number of hydrogen-bond acceptors (Lipinski definition) is 3. The second-order valence-electron chi connectivity index (χ2n) is 5.50. The van der Waals surface area contributed by atoms with Gasteiger partial charge in [0, 0.05) is 11.5 Å². The van der Waals surface area contributed by atoms with Gasteiger partial charge in [-0.25, -0.2) is 0 Å². The van der Waals surface area contributed by atoms with E-state index >= 15 is 0 Å². The van der Waals surface area contributed by atoms with Gasteiger partial charge in [0.1, 0.15) is 11.6 Å². The molecule has 0 bridgehead atoms. The van der Waals surface area contributed by atoms with Crippen LogP contribution in [0.4, 0.5) is 0 Å². The molecule has 0 rings (SSSR count). The lowest BCUT2D eigenvalue weighted by atomic mass is 9.93. The maximum Gasteiger partial charge on any atom is 0.267 e. The Hall–Kier alpha value is -1.36. The lowest BCUT2D eigenvalue weighted by Gasteiger charge is -2.19. The number of aliphatic hydroxyl groups is 1. The maximum absolute atomic E-state index is 11.7. The van der Waals surface area contributed by atoms with E-state index in [-0.39, 0.29) is 17.5 Å². The monoisotopic (exact) mass is 241 g/mol. The van der Waals surface area contributed by atoms with Crippen LogP contribution in [0.2, 0.25) is 0 Å². The van der Waals surface area contributed by atoms with E-state index in [4.69, 9.17) is 5.73 Å². The van der Waals surface area contributed by atoms with Gasteiger partial charge in [0.2, 0.25) is 0 Å². The molecule has 0 aromatic heterocycles. The average Bonchev–Trinajstić information content (AvgIpc) is 2.15. The molecule has 0 fully saturated rings. The normalized spacial score (nSPS) is 14.9. The molecule has 0 unspecified atom stereocenters. The Labute approximate surface area is 103 Å². The number of allylic oxidation sites excluding steroid dienone is 1. The number of aliphatic hydroxyl groups excluding tert-OH is 1. The highest BCUT2D eigenvalue weighted by Gasteiger charge is 2.25. The Kier molecular flexibility index (Phi) is 4.89. The fraction of sp³-hybridized carbons (Fsp3) is 0.667. The molecule has 5 heteroatoms. The lowest BCUT2D eigenvalue weighted by molar-refractivity contribution is -0.122. The van der Waals surface area contributed by atoms with Crippen molar-refractivity contribution in [1.82, 2.24) is 5.32 Å².